The van der Waals surface area contributed by atoms with Gasteiger partial charge in [-0.25, -0.2) is 4.98 Å². The molecule has 0 aliphatic heterocycles. The van der Waals surface area contributed by atoms with Crippen molar-refractivity contribution in [2.75, 3.05) is 0 Å². The lowest BCUT2D eigenvalue weighted by atomic mass is 10.1. The van der Waals surface area contributed by atoms with Crippen LogP contribution in [0.1, 0.15) is 18.3 Å². The van der Waals surface area contributed by atoms with E-state index < -0.39 is 0 Å². The number of hydrogen-bond donors (Lipinski definition) is 1. The number of rotatable bonds is 3. The lowest BCUT2D eigenvalue weighted by Gasteiger charge is -2.06. The van der Waals surface area contributed by atoms with E-state index in [1.54, 1.807) is 12.1 Å². The Hall–Kier alpha value is -1.81. The Balaban J connectivity index is 2.06. The molecule has 0 fully saturated rings. The number of aryl methyl sites for hydroxylation is 1. The zero-order chi connectivity index (χ0) is 14.1. The second kappa shape index (κ2) is 5.29. The summed E-state index contributed by atoms with van der Waals surface area (Å²) >= 11 is 3.48. The molecule has 0 spiro atoms. The second-order valence-corrected chi connectivity index (χ2v) is 5.67. The van der Waals surface area contributed by atoms with Gasteiger partial charge in [-0.1, -0.05) is 28.1 Å². The highest BCUT2D eigenvalue weighted by Gasteiger charge is 2.10. The van der Waals surface area contributed by atoms with Gasteiger partial charge in [-0.05, 0) is 42.8 Å². The zero-order valence-corrected chi connectivity index (χ0v) is 12.8. The van der Waals surface area contributed by atoms with E-state index in [0.29, 0.717) is 12.2 Å². The van der Waals surface area contributed by atoms with Gasteiger partial charge in [0.1, 0.15) is 11.6 Å². The smallest absolute Gasteiger partial charge is 0.115 e. The van der Waals surface area contributed by atoms with E-state index in [1.807, 2.05) is 24.3 Å². The highest BCUT2D eigenvalue weighted by Crippen LogP contribution is 2.23. The number of aromatic nitrogens is 2. The fraction of sp³-hybridized carbons (Fsp3) is 0.188. The summed E-state index contributed by atoms with van der Waals surface area (Å²) < 4.78 is 3.25. The van der Waals surface area contributed by atoms with E-state index >= 15 is 0 Å². The van der Waals surface area contributed by atoms with Gasteiger partial charge in [-0.2, -0.15) is 0 Å². The maximum Gasteiger partial charge on any atom is 0.115 e. The van der Waals surface area contributed by atoms with Gasteiger partial charge in [0.05, 0.1) is 11.0 Å². The fourth-order valence-electron chi connectivity index (χ4n) is 2.49. The van der Waals surface area contributed by atoms with Crippen LogP contribution in [0.2, 0.25) is 0 Å². The van der Waals surface area contributed by atoms with Crippen molar-refractivity contribution in [3.05, 3.63) is 58.3 Å². The number of aromatic hydroxyl groups is 1. The Morgan fingerprint density at radius 1 is 1.20 bits per heavy atom. The number of nitrogens with zero attached hydrogens (tertiary/aromatic N) is 2. The summed E-state index contributed by atoms with van der Waals surface area (Å²) in [6.45, 7) is 3.00. The number of halogens is 1. The number of fused-ring (bicyclic) bond motifs is 1. The first-order valence-electron chi connectivity index (χ1n) is 6.60. The third-order valence-electron chi connectivity index (χ3n) is 3.38. The van der Waals surface area contributed by atoms with Crippen LogP contribution in [0.25, 0.3) is 11.0 Å². The SMILES string of the molecule is CCn1c(Cc2cccc(O)c2)nc2cc(Br)ccc21. The van der Waals surface area contributed by atoms with Gasteiger partial charge >= 0.3 is 0 Å². The Morgan fingerprint density at radius 2 is 2.05 bits per heavy atom. The van der Waals surface area contributed by atoms with E-state index in [9.17, 15) is 5.11 Å². The van der Waals surface area contributed by atoms with Crippen LogP contribution in [-0.2, 0) is 13.0 Å². The average molecular weight is 331 g/mol. The summed E-state index contributed by atoms with van der Waals surface area (Å²) in [7, 11) is 0. The summed E-state index contributed by atoms with van der Waals surface area (Å²) in [6, 6.07) is 13.5. The summed E-state index contributed by atoms with van der Waals surface area (Å²) in [5.74, 6) is 1.32. The molecule has 0 unspecified atom stereocenters. The lowest BCUT2D eigenvalue weighted by molar-refractivity contribution is 0.474. The zero-order valence-electron chi connectivity index (χ0n) is 11.2. The molecule has 4 heteroatoms. The summed E-state index contributed by atoms with van der Waals surface area (Å²) in [6.07, 6.45) is 0.717. The van der Waals surface area contributed by atoms with Crippen molar-refractivity contribution in [3.63, 3.8) is 0 Å². The van der Waals surface area contributed by atoms with E-state index in [4.69, 9.17) is 4.98 Å². The van der Waals surface area contributed by atoms with E-state index in [-0.39, 0.29) is 0 Å². The molecule has 1 aromatic heterocycles. The van der Waals surface area contributed by atoms with Crippen molar-refractivity contribution in [1.29, 1.82) is 0 Å². The van der Waals surface area contributed by atoms with Gasteiger partial charge in [-0.15, -0.1) is 0 Å². The molecule has 2 aromatic carbocycles. The highest BCUT2D eigenvalue weighted by atomic mass is 79.9. The Bertz CT molecular complexity index is 764. The van der Waals surface area contributed by atoms with Crippen molar-refractivity contribution in [2.45, 2.75) is 19.9 Å². The molecule has 0 radical (unpaired) electrons. The van der Waals surface area contributed by atoms with Crippen LogP contribution >= 0.6 is 15.9 Å². The monoisotopic (exact) mass is 330 g/mol. The molecule has 102 valence electrons. The normalized spacial score (nSPS) is 11.1. The minimum Gasteiger partial charge on any atom is -0.508 e. The standard InChI is InChI=1S/C16H15BrN2O/c1-2-19-15-7-6-12(17)10-14(15)18-16(19)9-11-4-3-5-13(20)8-11/h3-8,10,20H,2,9H2,1H3. The second-order valence-electron chi connectivity index (χ2n) is 4.75. The molecule has 0 saturated heterocycles. The van der Waals surface area contributed by atoms with Crippen LogP contribution in [0.4, 0.5) is 0 Å². The van der Waals surface area contributed by atoms with E-state index in [2.05, 4.69) is 33.5 Å². The largest absolute Gasteiger partial charge is 0.508 e. The predicted octanol–water partition coefficient (Wildman–Crippen LogP) is 4.12. The van der Waals surface area contributed by atoms with E-state index in [0.717, 1.165) is 33.4 Å². The first kappa shape index (κ1) is 13.2. The van der Waals surface area contributed by atoms with Crippen molar-refractivity contribution in [1.82, 2.24) is 9.55 Å². The molecule has 3 rings (SSSR count). The molecule has 0 bridgehead atoms. The third-order valence-corrected chi connectivity index (χ3v) is 3.87. The van der Waals surface area contributed by atoms with Crippen molar-refractivity contribution >= 4 is 27.0 Å². The van der Waals surface area contributed by atoms with Crippen LogP contribution in [0.5, 0.6) is 5.75 Å². The summed E-state index contributed by atoms with van der Waals surface area (Å²) in [4.78, 5) is 4.72. The molecule has 1 N–H and O–H groups in total. The maximum atomic E-state index is 9.56. The topological polar surface area (TPSA) is 38.0 Å². The average Bonchev–Trinajstić information content (AvgIpc) is 2.74. The molecule has 3 aromatic rings. The molecule has 0 aliphatic rings. The minimum atomic E-state index is 0.296. The molecule has 1 heterocycles. The third kappa shape index (κ3) is 2.43. The Labute approximate surface area is 126 Å². The van der Waals surface area contributed by atoms with Crippen molar-refractivity contribution in [2.24, 2.45) is 0 Å². The number of imidazole rings is 1. The molecule has 20 heavy (non-hydrogen) atoms. The van der Waals surface area contributed by atoms with Gasteiger partial charge in [-0.3, -0.25) is 0 Å². The number of hydrogen-bond acceptors (Lipinski definition) is 2. The van der Waals surface area contributed by atoms with Gasteiger partial charge in [0.2, 0.25) is 0 Å². The molecular weight excluding hydrogens is 316 g/mol. The molecule has 0 aliphatic carbocycles. The van der Waals surface area contributed by atoms with Gasteiger partial charge in [0.15, 0.2) is 0 Å². The quantitative estimate of drug-likeness (QED) is 0.784. The molecule has 0 atom stereocenters. The predicted molar refractivity (Wildman–Crippen MR) is 84.0 cm³/mol. The summed E-state index contributed by atoms with van der Waals surface area (Å²) in [5.41, 5.74) is 3.20. The van der Waals surface area contributed by atoms with Crippen LogP contribution in [-0.4, -0.2) is 14.7 Å². The number of benzene rings is 2. The maximum absolute atomic E-state index is 9.56. The van der Waals surface area contributed by atoms with Crippen LogP contribution < -0.4 is 0 Å². The first-order chi connectivity index (χ1) is 9.67. The van der Waals surface area contributed by atoms with E-state index in [1.165, 1.54) is 0 Å². The van der Waals surface area contributed by atoms with Crippen LogP contribution in [0.3, 0.4) is 0 Å². The number of phenolic OH excluding ortho intramolecular Hbond substituents is 1. The highest BCUT2D eigenvalue weighted by molar-refractivity contribution is 9.10. The summed E-state index contributed by atoms with van der Waals surface area (Å²) in [5, 5.41) is 9.56. The van der Waals surface area contributed by atoms with Gasteiger partial charge < -0.3 is 9.67 Å². The molecular formula is C16H15BrN2O. The fourth-order valence-corrected chi connectivity index (χ4v) is 2.84. The minimum absolute atomic E-state index is 0.296. The first-order valence-corrected chi connectivity index (χ1v) is 7.39. The van der Waals surface area contributed by atoms with Crippen LogP contribution in [0.15, 0.2) is 46.9 Å². The van der Waals surface area contributed by atoms with Crippen molar-refractivity contribution in [3.8, 4) is 5.75 Å². The molecule has 0 saturated carbocycles. The molecule has 3 nitrogen and oxygen atoms in total. The van der Waals surface area contributed by atoms with Crippen LogP contribution in [0, 0.1) is 0 Å². The number of phenols is 1. The Morgan fingerprint density at radius 3 is 2.80 bits per heavy atom. The Kier molecular flexibility index (Phi) is 3.49. The lowest BCUT2D eigenvalue weighted by Crippen LogP contribution is -2.02. The van der Waals surface area contributed by atoms with Crippen molar-refractivity contribution < 1.29 is 5.11 Å². The molecule has 0 amide bonds. The van der Waals surface area contributed by atoms with Gasteiger partial charge in [0, 0.05) is 17.4 Å². The van der Waals surface area contributed by atoms with Gasteiger partial charge in [0.25, 0.3) is 0 Å².